The SMILES string of the molecule is CCN(CC)Cc1ccc(CNC(=O)CC(=O)O)cc1. The van der Waals surface area contributed by atoms with Crippen LogP contribution >= 0.6 is 0 Å². The molecular weight excluding hydrogens is 256 g/mol. The first-order chi connectivity index (χ1) is 9.55. The Hall–Kier alpha value is -1.88. The minimum Gasteiger partial charge on any atom is -0.481 e. The van der Waals surface area contributed by atoms with Gasteiger partial charge in [0.1, 0.15) is 6.42 Å². The van der Waals surface area contributed by atoms with Crippen molar-refractivity contribution >= 4 is 11.9 Å². The topological polar surface area (TPSA) is 69.6 Å². The lowest BCUT2D eigenvalue weighted by Crippen LogP contribution is -2.25. The number of carboxylic acid groups (broad SMARTS) is 1. The van der Waals surface area contributed by atoms with Crippen molar-refractivity contribution in [2.24, 2.45) is 0 Å². The van der Waals surface area contributed by atoms with Gasteiger partial charge < -0.3 is 10.4 Å². The summed E-state index contributed by atoms with van der Waals surface area (Å²) < 4.78 is 0. The first-order valence-corrected chi connectivity index (χ1v) is 6.83. The van der Waals surface area contributed by atoms with E-state index in [0.29, 0.717) is 6.54 Å². The second kappa shape index (κ2) is 8.32. The van der Waals surface area contributed by atoms with Crippen LogP contribution in [0.5, 0.6) is 0 Å². The number of nitrogens with one attached hydrogen (secondary N) is 1. The molecule has 1 aromatic rings. The average Bonchev–Trinajstić information content (AvgIpc) is 2.43. The first-order valence-electron chi connectivity index (χ1n) is 6.83. The third-order valence-electron chi connectivity index (χ3n) is 3.13. The molecule has 20 heavy (non-hydrogen) atoms. The number of carbonyl (C=O) groups excluding carboxylic acids is 1. The van der Waals surface area contributed by atoms with Crippen molar-refractivity contribution in [3.05, 3.63) is 35.4 Å². The maximum Gasteiger partial charge on any atom is 0.312 e. The van der Waals surface area contributed by atoms with Gasteiger partial charge in [-0.25, -0.2) is 0 Å². The third kappa shape index (κ3) is 5.84. The van der Waals surface area contributed by atoms with Crippen molar-refractivity contribution in [2.75, 3.05) is 13.1 Å². The number of hydrogen-bond donors (Lipinski definition) is 2. The van der Waals surface area contributed by atoms with Gasteiger partial charge in [0.2, 0.25) is 5.91 Å². The predicted octanol–water partition coefficient (Wildman–Crippen LogP) is 1.62. The van der Waals surface area contributed by atoms with Gasteiger partial charge >= 0.3 is 5.97 Å². The number of hydrogen-bond acceptors (Lipinski definition) is 3. The molecule has 2 N–H and O–H groups in total. The van der Waals surface area contributed by atoms with E-state index in [0.717, 1.165) is 25.2 Å². The summed E-state index contributed by atoms with van der Waals surface area (Å²) in [5.41, 5.74) is 2.20. The molecule has 0 heterocycles. The molecule has 0 saturated carbocycles. The summed E-state index contributed by atoms with van der Waals surface area (Å²) in [4.78, 5) is 23.9. The van der Waals surface area contributed by atoms with Gasteiger partial charge in [-0.1, -0.05) is 38.1 Å². The van der Waals surface area contributed by atoms with Crippen molar-refractivity contribution in [3.8, 4) is 0 Å². The van der Waals surface area contributed by atoms with Crippen LogP contribution in [-0.4, -0.2) is 35.0 Å². The normalized spacial score (nSPS) is 10.6. The van der Waals surface area contributed by atoms with E-state index in [1.165, 1.54) is 5.56 Å². The Morgan fingerprint density at radius 3 is 2.15 bits per heavy atom. The fourth-order valence-electron chi connectivity index (χ4n) is 1.87. The zero-order chi connectivity index (χ0) is 15.0. The Labute approximate surface area is 119 Å². The monoisotopic (exact) mass is 278 g/mol. The summed E-state index contributed by atoms with van der Waals surface area (Å²) in [6.45, 7) is 7.58. The summed E-state index contributed by atoms with van der Waals surface area (Å²) in [6.07, 6.45) is -0.486. The predicted molar refractivity (Wildman–Crippen MR) is 77.2 cm³/mol. The van der Waals surface area contributed by atoms with Crippen LogP contribution < -0.4 is 5.32 Å². The van der Waals surface area contributed by atoms with Gasteiger partial charge in [0.25, 0.3) is 0 Å². The van der Waals surface area contributed by atoms with Gasteiger partial charge in [0.05, 0.1) is 0 Å². The van der Waals surface area contributed by atoms with Crippen molar-refractivity contribution in [2.45, 2.75) is 33.4 Å². The van der Waals surface area contributed by atoms with Gasteiger partial charge in [-0.15, -0.1) is 0 Å². The smallest absolute Gasteiger partial charge is 0.312 e. The van der Waals surface area contributed by atoms with Crippen molar-refractivity contribution in [1.29, 1.82) is 0 Å². The lowest BCUT2D eigenvalue weighted by Gasteiger charge is -2.18. The lowest BCUT2D eigenvalue weighted by atomic mass is 10.1. The molecule has 5 heteroatoms. The van der Waals surface area contributed by atoms with Gasteiger partial charge in [0, 0.05) is 13.1 Å². The molecule has 1 amide bonds. The van der Waals surface area contributed by atoms with E-state index in [-0.39, 0.29) is 0 Å². The minimum atomic E-state index is -1.11. The second-order valence-corrected chi connectivity index (χ2v) is 4.63. The highest BCUT2D eigenvalue weighted by molar-refractivity contribution is 5.93. The Bertz CT molecular complexity index is 439. The summed E-state index contributed by atoms with van der Waals surface area (Å²) >= 11 is 0. The van der Waals surface area contributed by atoms with E-state index in [2.05, 4.69) is 24.1 Å². The third-order valence-corrected chi connectivity index (χ3v) is 3.13. The first kappa shape index (κ1) is 16.2. The number of carbonyl (C=O) groups is 2. The molecule has 0 radical (unpaired) electrons. The van der Waals surface area contributed by atoms with Crippen molar-refractivity contribution in [3.63, 3.8) is 0 Å². The molecule has 0 bridgehead atoms. The van der Waals surface area contributed by atoms with E-state index in [1.807, 2.05) is 24.3 Å². The van der Waals surface area contributed by atoms with Crippen LogP contribution in [0.2, 0.25) is 0 Å². The van der Waals surface area contributed by atoms with Crippen LogP contribution in [0.4, 0.5) is 0 Å². The molecule has 0 spiro atoms. The Kier molecular flexibility index (Phi) is 6.73. The van der Waals surface area contributed by atoms with E-state index in [1.54, 1.807) is 0 Å². The Morgan fingerprint density at radius 1 is 1.10 bits per heavy atom. The van der Waals surface area contributed by atoms with E-state index < -0.39 is 18.3 Å². The summed E-state index contributed by atoms with van der Waals surface area (Å²) in [7, 11) is 0. The van der Waals surface area contributed by atoms with Crippen molar-refractivity contribution < 1.29 is 14.7 Å². The van der Waals surface area contributed by atoms with Crippen LogP contribution in [0.3, 0.4) is 0 Å². The van der Waals surface area contributed by atoms with Gasteiger partial charge in [0.15, 0.2) is 0 Å². The maximum absolute atomic E-state index is 11.2. The maximum atomic E-state index is 11.2. The van der Waals surface area contributed by atoms with Crippen molar-refractivity contribution in [1.82, 2.24) is 10.2 Å². The second-order valence-electron chi connectivity index (χ2n) is 4.63. The molecule has 0 aliphatic heterocycles. The van der Waals surface area contributed by atoms with Crippen LogP contribution in [-0.2, 0) is 22.7 Å². The number of carboxylic acids is 1. The molecule has 0 atom stereocenters. The molecule has 0 aliphatic carbocycles. The largest absolute Gasteiger partial charge is 0.481 e. The van der Waals surface area contributed by atoms with E-state index >= 15 is 0 Å². The molecule has 0 aromatic heterocycles. The molecule has 5 nitrogen and oxygen atoms in total. The van der Waals surface area contributed by atoms with E-state index in [9.17, 15) is 9.59 Å². The quantitative estimate of drug-likeness (QED) is 0.709. The molecule has 0 fully saturated rings. The zero-order valence-corrected chi connectivity index (χ0v) is 12.1. The molecule has 1 aromatic carbocycles. The highest BCUT2D eigenvalue weighted by Gasteiger charge is 2.07. The Morgan fingerprint density at radius 2 is 1.65 bits per heavy atom. The van der Waals surface area contributed by atoms with Gasteiger partial charge in [-0.2, -0.15) is 0 Å². The minimum absolute atomic E-state index is 0.359. The van der Waals surface area contributed by atoms with Gasteiger partial charge in [-0.3, -0.25) is 14.5 Å². The summed E-state index contributed by atoms with van der Waals surface area (Å²) in [5, 5.41) is 11.1. The summed E-state index contributed by atoms with van der Waals surface area (Å²) in [5.74, 6) is -1.58. The lowest BCUT2D eigenvalue weighted by molar-refractivity contribution is -0.140. The number of amides is 1. The molecule has 1 rings (SSSR count). The van der Waals surface area contributed by atoms with E-state index in [4.69, 9.17) is 5.11 Å². The molecular formula is C15H22N2O3. The summed E-state index contributed by atoms with van der Waals surface area (Å²) in [6, 6.07) is 7.99. The molecule has 110 valence electrons. The Balaban J connectivity index is 2.46. The van der Waals surface area contributed by atoms with Gasteiger partial charge in [-0.05, 0) is 24.2 Å². The fraction of sp³-hybridized carbons (Fsp3) is 0.467. The molecule has 0 unspecified atom stereocenters. The fourth-order valence-corrected chi connectivity index (χ4v) is 1.87. The molecule has 0 aliphatic rings. The highest BCUT2D eigenvalue weighted by atomic mass is 16.4. The number of rotatable bonds is 8. The van der Waals surface area contributed by atoms with Crippen LogP contribution in [0.1, 0.15) is 31.4 Å². The zero-order valence-electron chi connectivity index (χ0n) is 12.1. The van der Waals surface area contributed by atoms with Crippen LogP contribution in [0.25, 0.3) is 0 Å². The van der Waals surface area contributed by atoms with Crippen LogP contribution in [0.15, 0.2) is 24.3 Å². The number of nitrogens with zero attached hydrogens (tertiary/aromatic N) is 1. The average molecular weight is 278 g/mol. The standard InChI is InChI=1S/C15H22N2O3/c1-3-17(4-2)11-13-7-5-12(6-8-13)10-16-14(18)9-15(19)20/h5-8H,3-4,9-11H2,1-2H3,(H,16,18)(H,19,20). The number of aliphatic carboxylic acids is 1. The molecule has 0 saturated heterocycles. The van der Waals surface area contributed by atoms with Crippen LogP contribution in [0, 0.1) is 0 Å². The highest BCUT2D eigenvalue weighted by Crippen LogP contribution is 2.07. The number of benzene rings is 1.